The second-order valence-electron chi connectivity index (χ2n) is 4.94. The molecule has 1 heterocycles. The molecule has 2 atom stereocenters. The Kier molecular flexibility index (Phi) is 5.00. The van der Waals surface area contributed by atoms with E-state index in [4.69, 9.17) is 16.7 Å². The van der Waals surface area contributed by atoms with Crippen molar-refractivity contribution in [3.63, 3.8) is 0 Å². The molecule has 0 bridgehead atoms. The lowest BCUT2D eigenvalue weighted by atomic mass is 10.2. The number of hydrogen-bond acceptors (Lipinski definition) is 3. The molecule has 0 saturated carbocycles. The second kappa shape index (κ2) is 6.58. The molecule has 21 heavy (non-hydrogen) atoms. The van der Waals surface area contributed by atoms with E-state index in [9.17, 15) is 9.59 Å². The monoisotopic (exact) mass is 328 g/mol. The number of amides is 2. The first-order chi connectivity index (χ1) is 9.90. The van der Waals surface area contributed by atoms with Gasteiger partial charge in [0, 0.05) is 29.3 Å². The van der Waals surface area contributed by atoms with Crippen LogP contribution in [0.2, 0.25) is 5.02 Å². The summed E-state index contributed by atoms with van der Waals surface area (Å²) in [5, 5.41) is 12.2. The van der Waals surface area contributed by atoms with E-state index >= 15 is 0 Å². The molecule has 2 rings (SSSR count). The summed E-state index contributed by atoms with van der Waals surface area (Å²) in [6.07, 6.45) is 0. The highest BCUT2D eigenvalue weighted by atomic mass is 35.5. The van der Waals surface area contributed by atoms with Gasteiger partial charge < -0.3 is 15.3 Å². The lowest BCUT2D eigenvalue weighted by Crippen LogP contribution is -2.49. The number of anilines is 1. The van der Waals surface area contributed by atoms with Gasteiger partial charge in [0.15, 0.2) is 0 Å². The largest absolute Gasteiger partial charge is 0.478 e. The maximum Gasteiger partial charge on any atom is 0.337 e. The van der Waals surface area contributed by atoms with Crippen LogP contribution >= 0.6 is 23.4 Å². The van der Waals surface area contributed by atoms with Crippen molar-refractivity contribution in [2.24, 2.45) is 0 Å². The van der Waals surface area contributed by atoms with Crippen molar-refractivity contribution in [2.75, 3.05) is 17.6 Å². The number of carbonyl (C=O) groups excluding carboxylic acids is 1. The SMILES string of the molecule is CC1SCCN(C(=O)Nc2ccc(C(=O)O)c(Cl)c2)C1C. The summed E-state index contributed by atoms with van der Waals surface area (Å²) in [5.74, 6) is -0.175. The van der Waals surface area contributed by atoms with Gasteiger partial charge in [0.25, 0.3) is 0 Å². The number of nitrogens with one attached hydrogen (secondary N) is 1. The van der Waals surface area contributed by atoms with Gasteiger partial charge in [-0.1, -0.05) is 18.5 Å². The fraction of sp³-hybridized carbons (Fsp3) is 0.429. The first-order valence-electron chi connectivity index (χ1n) is 6.62. The molecule has 114 valence electrons. The number of aromatic carboxylic acids is 1. The maximum atomic E-state index is 12.3. The summed E-state index contributed by atoms with van der Waals surface area (Å²) in [6.45, 7) is 4.83. The average Bonchev–Trinajstić information content (AvgIpc) is 2.41. The van der Waals surface area contributed by atoms with Gasteiger partial charge in [0.2, 0.25) is 0 Å². The minimum atomic E-state index is -1.09. The van der Waals surface area contributed by atoms with Crippen LogP contribution in [0, 0.1) is 0 Å². The van der Waals surface area contributed by atoms with Crippen LogP contribution in [0.25, 0.3) is 0 Å². The fourth-order valence-corrected chi connectivity index (χ4v) is 3.54. The van der Waals surface area contributed by atoms with Crippen LogP contribution in [0.15, 0.2) is 18.2 Å². The van der Waals surface area contributed by atoms with Crippen LogP contribution < -0.4 is 5.32 Å². The summed E-state index contributed by atoms with van der Waals surface area (Å²) in [4.78, 5) is 25.0. The average molecular weight is 329 g/mol. The molecular formula is C14H17ClN2O3S. The van der Waals surface area contributed by atoms with Crippen molar-refractivity contribution in [1.82, 2.24) is 4.90 Å². The van der Waals surface area contributed by atoms with E-state index in [1.807, 2.05) is 18.7 Å². The van der Waals surface area contributed by atoms with Gasteiger partial charge in [-0.25, -0.2) is 9.59 Å². The maximum absolute atomic E-state index is 12.3. The van der Waals surface area contributed by atoms with E-state index in [0.717, 1.165) is 5.75 Å². The van der Waals surface area contributed by atoms with E-state index in [2.05, 4.69) is 12.2 Å². The minimum absolute atomic E-state index is 0.0195. The Balaban J connectivity index is 2.09. The van der Waals surface area contributed by atoms with Crippen LogP contribution in [0.1, 0.15) is 24.2 Å². The second-order valence-corrected chi connectivity index (χ2v) is 6.83. The Morgan fingerprint density at radius 3 is 2.76 bits per heavy atom. The number of halogens is 1. The van der Waals surface area contributed by atoms with Crippen LogP contribution in [0.5, 0.6) is 0 Å². The Hall–Kier alpha value is -1.40. The van der Waals surface area contributed by atoms with Crippen LogP contribution in [-0.2, 0) is 0 Å². The number of thioether (sulfide) groups is 1. The topological polar surface area (TPSA) is 69.6 Å². The summed E-state index contributed by atoms with van der Waals surface area (Å²) < 4.78 is 0. The number of benzene rings is 1. The summed E-state index contributed by atoms with van der Waals surface area (Å²) in [7, 11) is 0. The van der Waals surface area contributed by atoms with E-state index < -0.39 is 5.97 Å². The molecule has 5 nitrogen and oxygen atoms in total. The Bertz CT molecular complexity index is 567. The zero-order chi connectivity index (χ0) is 15.6. The van der Waals surface area contributed by atoms with Gasteiger partial charge >= 0.3 is 12.0 Å². The molecule has 1 aromatic carbocycles. The number of carboxylic acid groups (broad SMARTS) is 1. The molecule has 1 saturated heterocycles. The number of carboxylic acids is 1. The van der Waals surface area contributed by atoms with Gasteiger partial charge in [-0.2, -0.15) is 11.8 Å². The van der Waals surface area contributed by atoms with Crippen molar-refractivity contribution in [2.45, 2.75) is 25.1 Å². The Morgan fingerprint density at radius 2 is 2.14 bits per heavy atom. The number of rotatable bonds is 2. The van der Waals surface area contributed by atoms with E-state index in [0.29, 0.717) is 17.5 Å². The number of nitrogens with zero attached hydrogens (tertiary/aromatic N) is 1. The highest BCUT2D eigenvalue weighted by Crippen LogP contribution is 2.26. The molecule has 7 heteroatoms. The molecule has 2 unspecified atom stereocenters. The molecule has 1 aliphatic rings. The zero-order valence-corrected chi connectivity index (χ0v) is 13.4. The predicted octanol–water partition coefficient (Wildman–Crippen LogP) is 3.40. The molecule has 0 radical (unpaired) electrons. The third-order valence-electron chi connectivity index (χ3n) is 3.60. The first kappa shape index (κ1) is 16.0. The van der Waals surface area contributed by atoms with Gasteiger partial charge in [0.1, 0.15) is 0 Å². The number of urea groups is 1. The van der Waals surface area contributed by atoms with Crippen LogP contribution in [0.4, 0.5) is 10.5 Å². The first-order valence-corrected chi connectivity index (χ1v) is 8.05. The normalized spacial score (nSPS) is 22.0. The third-order valence-corrected chi connectivity index (χ3v) is 5.25. The molecule has 2 amide bonds. The van der Waals surface area contributed by atoms with Crippen molar-refractivity contribution in [1.29, 1.82) is 0 Å². The van der Waals surface area contributed by atoms with Gasteiger partial charge in [-0.05, 0) is 25.1 Å². The molecule has 1 aliphatic heterocycles. The Morgan fingerprint density at radius 1 is 1.43 bits per heavy atom. The highest BCUT2D eigenvalue weighted by Gasteiger charge is 2.28. The van der Waals surface area contributed by atoms with Crippen molar-refractivity contribution in [3.05, 3.63) is 28.8 Å². The summed E-state index contributed by atoms with van der Waals surface area (Å²) >= 11 is 7.75. The van der Waals surface area contributed by atoms with Crippen LogP contribution in [0.3, 0.4) is 0 Å². The highest BCUT2D eigenvalue weighted by molar-refractivity contribution is 8.00. The van der Waals surface area contributed by atoms with Crippen molar-refractivity contribution in [3.8, 4) is 0 Å². The van der Waals surface area contributed by atoms with Crippen LogP contribution in [-0.4, -0.2) is 45.6 Å². The predicted molar refractivity (Wildman–Crippen MR) is 85.5 cm³/mol. The van der Waals surface area contributed by atoms with E-state index in [-0.39, 0.29) is 22.7 Å². The van der Waals surface area contributed by atoms with Gasteiger partial charge in [0.05, 0.1) is 10.6 Å². The van der Waals surface area contributed by atoms with Gasteiger partial charge in [-0.15, -0.1) is 0 Å². The minimum Gasteiger partial charge on any atom is -0.478 e. The molecular weight excluding hydrogens is 312 g/mol. The molecule has 1 aromatic rings. The standard InChI is InChI=1S/C14H17ClN2O3S/c1-8-9(2)21-6-5-17(8)14(20)16-10-3-4-11(13(18)19)12(15)7-10/h3-4,7-9H,5-6H2,1-2H3,(H,16,20)(H,18,19). The quantitative estimate of drug-likeness (QED) is 0.873. The van der Waals surface area contributed by atoms with E-state index in [1.165, 1.54) is 12.1 Å². The summed E-state index contributed by atoms with van der Waals surface area (Å²) in [5.41, 5.74) is 0.513. The smallest absolute Gasteiger partial charge is 0.337 e. The fourth-order valence-electron chi connectivity index (χ4n) is 2.18. The third kappa shape index (κ3) is 3.63. The molecule has 0 spiro atoms. The zero-order valence-electron chi connectivity index (χ0n) is 11.8. The molecule has 0 aliphatic carbocycles. The lowest BCUT2D eigenvalue weighted by Gasteiger charge is -2.37. The Labute approximate surface area is 132 Å². The van der Waals surface area contributed by atoms with E-state index in [1.54, 1.807) is 11.0 Å². The van der Waals surface area contributed by atoms with Gasteiger partial charge in [-0.3, -0.25) is 0 Å². The molecule has 0 aromatic heterocycles. The summed E-state index contributed by atoms with van der Waals surface area (Å²) in [6, 6.07) is 4.35. The lowest BCUT2D eigenvalue weighted by molar-refractivity contribution is 0.0697. The van der Waals surface area contributed by atoms with Crippen molar-refractivity contribution >= 4 is 41.1 Å². The van der Waals surface area contributed by atoms with Crippen molar-refractivity contribution < 1.29 is 14.7 Å². The molecule has 2 N–H and O–H groups in total. The number of hydrogen-bond donors (Lipinski definition) is 2. The number of carbonyl (C=O) groups is 2. The molecule has 1 fully saturated rings.